The van der Waals surface area contributed by atoms with E-state index in [-0.39, 0.29) is 0 Å². The molecular weight excluding hydrogens is 236 g/mol. The van der Waals surface area contributed by atoms with Gasteiger partial charge < -0.3 is 4.74 Å². The zero-order chi connectivity index (χ0) is 11.9. The third-order valence-electron chi connectivity index (χ3n) is 3.98. The summed E-state index contributed by atoms with van der Waals surface area (Å²) >= 11 is 6.09. The number of hydrogen-bond donors (Lipinski definition) is 0. The van der Waals surface area contributed by atoms with Gasteiger partial charge in [0.25, 0.3) is 0 Å². The van der Waals surface area contributed by atoms with Crippen LogP contribution in [0.3, 0.4) is 0 Å². The van der Waals surface area contributed by atoms with Crippen LogP contribution in [0.5, 0.6) is 0 Å². The first kappa shape index (κ1) is 13.6. The van der Waals surface area contributed by atoms with Crippen molar-refractivity contribution in [3.63, 3.8) is 0 Å². The first-order chi connectivity index (χ1) is 8.40. The van der Waals surface area contributed by atoms with Crippen molar-refractivity contribution >= 4 is 11.6 Å². The highest BCUT2D eigenvalue weighted by Crippen LogP contribution is 2.17. The van der Waals surface area contributed by atoms with Gasteiger partial charge in [0.1, 0.15) is 0 Å². The van der Waals surface area contributed by atoms with Gasteiger partial charge in [-0.25, -0.2) is 0 Å². The van der Waals surface area contributed by atoms with E-state index in [1.807, 2.05) is 0 Å². The summed E-state index contributed by atoms with van der Waals surface area (Å²) in [5, 5.41) is 0. The standard InChI is InChI=1S/C13H25ClN2O/c14-12-13-4-2-1-3-5-16(13)7-6-15-8-10-17-11-9-15/h13H,1-12H2. The fourth-order valence-corrected chi connectivity index (χ4v) is 3.15. The van der Waals surface area contributed by atoms with Crippen molar-refractivity contribution in [2.45, 2.75) is 31.7 Å². The van der Waals surface area contributed by atoms with E-state index in [1.165, 1.54) is 45.3 Å². The van der Waals surface area contributed by atoms with Crippen molar-refractivity contribution in [3.8, 4) is 0 Å². The lowest BCUT2D eigenvalue weighted by atomic mass is 10.1. The third-order valence-corrected chi connectivity index (χ3v) is 4.34. The molecule has 2 aliphatic rings. The number of morpholine rings is 1. The minimum Gasteiger partial charge on any atom is -0.379 e. The first-order valence-corrected chi connectivity index (χ1v) is 7.53. The Hall–Kier alpha value is 0.170. The van der Waals surface area contributed by atoms with Crippen molar-refractivity contribution in [3.05, 3.63) is 0 Å². The molecule has 0 saturated carbocycles. The van der Waals surface area contributed by atoms with Gasteiger partial charge >= 0.3 is 0 Å². The van der Waals surface area contributed by atoms with Gasteiger partial charge in [-0.3, -0.25) is 9.80 Å². The molecule has 2 saturated heterocycles. The van der Waals surface area contributed by atoms with Crippen LogP contribution >= 0.6 is 11.6 Å². The summed E-state index contributed by atoms with van der Waals surface area (Å²) in [6.45, 7) is 7.59. The molecule has 2 fully saturated rings. The molecule has 3 nitrogen and oxygen atoms in total. The zero-order valence-corrected chi connectivity index (χ0v) is 11.5. The first-order valence-electron chi connectivity index (χ1n) is 7.00. The molecule has 4 heteroatoms. The molecule has 2 heterocycles. The lowest BCUT2D eigenvalue weighted by molar-refractivity contribution is 0.0315. The molecule has 0 aromatic carbocycles. The molecule has 0 aromatic heterocycles. The predicted octanol–water partition coefficient (Wildman–Crippen LogP) is 1.80. The van der Waals surface area contributed by atoms with Crippen molar-refractivity contribution in [2.75, 3.05) is 51.8 Å². The lowest BCUT2D eigenvalue weighted by Crippen LogP contribution is -2.44. The van der Waals surface area contributed by atoms with Crippen LogP contribution in [-0.4, -0.2) is 67.7 Å². The van der Waals surface area contributed by atoms with Crippen LogP contribution in [-0.2, 0) is 4.74 Å². The Kier molecular flexibility index (Phi) is 6.06. The van der Waals surface area contributed by atoms with E-state index in [4.69, 9.17) is 16.3 Å². The number of rotatable bonds is 4. The third kappa shape index (κ3) is 4.40. The number of likely N-dealkylation sites (tertiary alicyclic amines) is 1. The number of alkyl halides is 1. The van der Waals surface area contributed by atoms with Gasteiger partial charge in [0.15, 0.2) is 0 Å². The summed E-state index contributed by atoms with van der Waals surface area (Å²) in [5.74, 6) is 0.795. The van der Waals surface area contributed by atoms with E-state index in [0.29, 0.717) is 6.04 Å². The Labute approximate surface area is 110 Å². The second kappa shape index (κ2) is 7.57. The van der Waals surface area contributed by atoms with Gasteiger partial charge in [0, 0.05) is 38.1 Å². The Bertz CT molecular complexity index is 210. The van der Waals surface area contributed by atoms with Crippen LogP contribution in [0.4, 0.5) is 0 Å². The number of hydrogen-bond acceptors (Lipinski definition) is 3. The van der Waals surface area contributed by atoms with E-state index >= 15 is 0 Å². The summed E-state index contributed by atoms with van der Waals surface area (Å²) < 4.78 is 5.38. The normalized spacial score (nSPS) is 29.1. The van der Waals surface area contributed by atoms with Crippen LogP contribution in [0.1, 0.15) is 25.7 Å². The molecule has 0 aromatic rings. The number of halogens is 1. The molecule has 0 aliphatic carbocycles. The smallest absolute Gasteiger partial charge is 0.0594 e. The molecule has 0 spiro atoms. The van der Waals surface area contributed by atoms with E-state index < -0.39 is 0 Å². The molecule has 1 unspecified atom stereocenters. The maximum absolute atomic E-state index is 6.09. The van der Waals surface area contributed by atoms with E-state index in [0.717, 1.165) is 32.2 Å². The lowest BCUT2D eigenvalue weighted by Gasteiger charge is -2.32. The average Bonchev–Trinajstić information content (AvgIpc) is 2.62. The van der Waals surface area contributed by atoms with Gasteiger partial charge in [0.05, 0.1) is 13.2 Å². The van der Waals surface area contributed by atoms with Gasteiger partial charge in [-0.15, -0.1) is 11.6 Å². The van der Waals surface area contributed by atoms with Crippen molar-refractivity contribution in [1.82, 2.24) is 9.80 Å². The minimum atomic E-state index is 0.611. The second-order valence-corrected chi connectivity index (χ2v) is 5.46. The molecule has 100 valence electrons. The quantitative estimate of drug-likeness (QED) is 0.717. The maximum Gasteiger partial charge on any atom is 0.0594 e. The molecular formula is C13H25ClN2O. The monoisotopic (exact) mass is 260 g/mol. The molecule has 0 bridgehead atoms. The van der Waals surface area contributed by atoms with Gasteiger partial charge in [-0.05, 0) is 19.4 Å². The molecule has 2 aliphatic heterocycles. The highest BCUT2D eigenvalue weighted by atomic mass is 35.5. The fourth-order valence-electron chi connectivity index (χ4n) is 2.80. The summed E-state index contributed by atoms with van der Waals surface area (Å²) in [4.78, 5) is 5.12. The Balaban J connectivity index is 1.74. The summed E-state index contributed by atoms with van der Waals surface area (Å²) in [7, 11) is 0. The van der Waals surface area contributed by atoms with E-state index in [2.05, 4.69) is 9.80 Å². The van der Waals surface area contributed by atoms with Crippen LogP contribution in [0.2, 0.25) is 0 Å². The van der Waals surface area contributed by atoms with Crippen LogP contribution in [0.15, 0.2) is 0 Å². The molecule has 1 atom stereocenters. The molecule has 2 rings (SSSR count). The topological polar surface area (TPSA) is 15.7 Å². The van der Waals surface area contributed by atoms with Crippen LogP contribution in [0, 0.1) is 0 Å². The molecule has 0 radical (unpaired) electrons. The highest BCUT2D eigenvalue weighted by molar-refractivity contribution is 6.18. The van der Waals surface area contributed by atoms with Crippen molar-refractivity contribution in [1.29, 1.82) is 0 Å². The molecule has 0 N–H and O–H groups in total. The summed E-state index contributed by atoms with van der Waals surface area (Å²) in [6.07, 6.45) is 5.36. The summed E-state index contributed by atoms with van der Waals surface area (Å²) in [5.41, 5.74) is 0. The predicted molar refractivity (Wildman–Crippen MR) is 71.8 cm³/mol. The SMILES string of the molecule is ClCC1CCCCCN1CCN1CCOCC1. The molecule has 17 heavy (non-hydrogen) atoms. The van der Waals surface area contributed by atoms with E-state index in [1.54, 1.807) is 0 Å². The second-order valence-electron chi connectivity index (χ2n) is 5.15. The summed E-state index contributed by atoms with van der Waals surface area (Å²) in [6, 6.07) is 0.611. The fraction of sp³-hybridized carbons (Fsp3) is 1.00. The van der Waals surface area contributed by atoms with Gasteiger partial charge in [-0.2, -0.15) is 0 Å². The highest BCUT2D eigenvalue weighted by Gasteiger charge is 2.20. The van der Waals surface area contributed by atoms with Gasteiger partial charge in [0.2, 0.25) is 0 Å². The van der Waals surface area contributed by atoms with Crippen LogP contribution in [0.25, 0.3) is 0 Å². The zero-order valence-electron chi connectivity index (χ0n) is 10.7. The van der Waals surface area contributed by atoms with Gasteiger partial charge in [-0.1, -0.05) is 12.8 Å². The largest absolute Gasteiger partial charge is 0.379 e. The van der Waals surface area contributed by atoms with E-state index in [9.17, 15) is 0 Å². The Morgan fingerprint density at radius 3 is 2.59 bits per heavy atom. The van der Waals surface area contributed by atoms with Crippen molar-refractivity contribution < 1.29 is 4.74 Å². The number of ether oxygens (including phenoxy) is 1. The van der Waals surface area contributed by atoms with Crippen LogP contribution < -0.4 is 0 Å². The minimum absolute atomic E-state index is 0.611. The van der Waals surface area contributed by atoms with Crippen molar-refractivity contribution in [2.24, 2.45) is 0 Å². The average molecular weight is 261 g/mol. The number of nitrogens with zero attached hydrogens (tertiary/aromatic N) is 2. The Morgan fingerprint density at radius 1 is 1.00 bits per heavy atom. The maximum atomic E-state index is 6.09. The Morgan fingerprint density at radius 2 is 1.82 bits per heavy atom. The molecule has 0 amide bonds.